The average Bonchev–Trinajstić information content (AvgIpc) is 2.19. The Labute approximate surface area is 85.4 Å². The van der Waals surface area contributed by atoms with Gasteiger partial charge in [0.2, 0.25) is 0 Å². The zero-order chi connectivity index (χ0) is 10.4. The Morgan fingerprint density at radius 3 is 2.86 bits per heavy atom. The van der Waals surface area contributed by atoms with Crippen molar-refractivity contribution in [3.05, 3.63) is 42.5 Å². The van der Waals surface area contributed by atoms with E-state index in [9.17, 15) is 0 Å². The lowest BCUT2D eigenvalue weighted by Crippen LogP contribution is -2.11. The monoisotopic (exact) mass is 191 g/mol. The second-order valence-corrected chi connectivity index (χ2v) is 3.10. The second-order valence-electron chi connectivity index (χ2n) is 3.10. The number of rotatable bonds is 5. The first kappa shape index (κ1) is 10.8. The van der Waals surface area contributed by atoms with Gasteiger partial charge in [0.25, 0.3) is 0 Å². The molecule has 2 heteroatoms. The Hall–Kier alpha value is -1.28. The van der Waals surface area contributed by atoms with Gasteiger partial charge >= 0.3 is 0 Å². The van der Waals surface area contributed by atoms with Crippen LogP contribution in [0.1, 0.15) is 24.9 Å². The maximum absolute atomic E-state index is 5.99. The largest absolute Gasteiger partial charge is 0.494 e. The van der Waals surface area contributed by atoms with Crippen molar-refractivity contribution in [1.29, 1.82) is 0 Å². The van der Waals surface area contributed by atoms with Gasteiger partial charge in [-0.3, -0.25) is 0 Å². The van der Waals surface area contributed by atoms with E-state index < -0.39 is 0 Å². The fourth-order valence-electron chi connectivity index (χ4n) is 1.38. The smallest absolute Gasteiger partial charge is 0.124 e. The van der Waals surface area contributed by atoms with Gasteiger partial charge in [-0.2, -0.15) is 0 Å². The second kappa shape index (κ2) is 5.45. The molecule has 0 saturated heterocycles. The molecule has 14 heavy (non-hydrogen) atoms. The van der Waals surface area contributed by atoms with Crippen molar-refractivity contribution in [2.45, 2.75) is 19.4 Å². The van der Waals surface area contributed by atoms with E-state index in [4.69, 9.17) is 10.5 Å². The fourth-order valence-corrected chi connectivity index (χ4v) is 1.38. The Morgan fingerprint density at radius 2 is 2.21 bits per heavy atom. The van der Waals surface area contributed by atoms with Gasteiger partial charge in [-0.1, -0.05) is 24.3 Å². The Kier molecular flexibility index (Phi) is 4.20. The number of hydrogen-bond acceptors (Lipinski definition) is 2. The molecule has 0 spiro atoms. The lowest BCUT2D eigenvalue weighted by molar-refractivity contribution is 0.334. The lowest BCUT2D eigenvalue weighted by atomic mass is 10.0. The highest BCUT2D eigenvalue weighted by atomic mass is 16.5. The Bertz CT molecular complexity index is 296. The topological polar surface area (TPSA) is 35.2 Å². The highest BCUT2D eigenvalue weighted by Crippen LogP contribution is 2.25. The van der Waals surface area contributed by atoms with E-state index in [-0.39, 0.29) is 6.04 Å². The quantitative estimate of drug-likeness (QED) is 0.726. The van der Waals surface area contributed by atoms with Crippen molar-refractivity contribution in [2.75, 3.05) is 6.61 Å². The van der Waals surface area contributed by atoms with Crippen LogP contribution in [0.15, 0.2) is 36.9 Å². The first-order chi connectivity index (χ1) is 6.79. The third-order valence-electron chi connectivity index (χ3n) is 2.04. The van der Waals surface area contributed by atoms with Gasteiger partial charge < -0.3 is 10.5 Å². The van der Waals surface area contributed by atoms with Crippen LogP contribution in [0.25, 0.3) is 0 Å². The van der Waals surface area contributed by atoms with E-state index in [0.29, 0.717) is 6.61 Å². The van der Waals surface area contributed by atoms with Gasteiger partial charge in [0.05, 0.1) is 6.61 Å². The molecule has 0 aliphatic rings. The fraction of sp³-hybridized carbons (Fsp3) is 0.333. The van der Waals surface area contributed by atoms with E-state index in [1.165, 1.54) is 0 Å². The van der Waals surface area contributed by atoms with Crippen LogP contribution in [-0.2, 0) is 0 Å². The van der Waals surface area contributed by atoms with Crippen molar-refractivity contribution in [2.24, 2.45) is 5.73 Å². The summed E-state index contributed by atoms with van der Waals surface area (Å²) in [5.41, 5.74) is 7.04. The molecule has 0 heterocycles. The van der Waals surface area contributed by atoms with Gasteiger partial charge in [-0.05, 0) is 19.4 Å². The normalized spacial score (nSPS) is 12.1. The van der Waals surface area contributed by atoms with Crippen LogP contribution < -0.4 is 10.5 Å². The Balaban J connectivity index is 2.87. The number of para-hydroxylation sites is 1. The molecule has 0 fully saturated rings. The standard InChI is InChI=1S/C12H17NO/c1-3-7-11(13)10-8-5-6-9-12(10)14-4-2/h3,5-6,8-9,11H,1,4,7,13H2,2H3/t11-/m1/s1. The summed E-state index contributed by atoms with van der Waals surface area (Å²) in [7, 11) is 0. The summed E-state index contributed by atoms with van der Waals surface area (Å²) in [5, 5.41) is 0. The van der Waals surface area contributed by atoms with Crippen molar-refractivity contribution in [3.63, 3.8) is 0 Å². The number of hydrogen-bond donors (Lipinski definition) is 1. The summed E-state index contributed by atoms with van der Waals surface area (Å²) in [5.74, 6) is 0.879. The summed E-state index contributed by atoms with van der Waals surface area (Å²) in [6.07, 6.45) is 2.59. The van der Waals surface area contributed by atoms with Crippen LogP contribution in [0.5, 0.6) is 5.75 Å². The highest BCUT2D eigenvalue weighted by Gasteiger charge is 2.09. The van der Waals surface area contributed by atoms with Gasteiger partial charge in [-0.25, -0.2) is 0 Å². The SMILES string of the molecule is C=CC[C@@H](N)c1ccccc1OCC. The molecule has 1 aromatic carbocycles. The zero-order valence-corrected chi connectivity index (χ0v) is 8.57. The minimum Gasteiger partial charge on any atom is -0.494 e. The molecule has 2 N–H and O–H groups in total. The van der Waals surface area contributed by atoms with E-state index >= 15 is 0 Å². The molecular weight excluding hydrogens is 174 g/mol. The zero-order valence-electron chi connectivity index (χ0n) is 8.57. The molecule has 0 bridgehead atoms. The maximum atomic E-state index is 5.99. The average molecular weight is 191 g/mol. The lowest BCUT2D eigenvalue weighted by Gasteiger charge is -2.14. The molecule has 0 aliphatic heterocycles. The van der Waals surface area contributed by atoms with Crippen LogP contribution in [-0.4, -0.2) is 6.61 Å². The van der Waals surface area contributed by atoms with Crippen LogP contribution in [0.4, 0.5) is 0 Å². The molecule has 0 aromatic heterocycles. The summed E-state index contributed by atoms with van der Waals surface area (Å²) < 4.78 is 5.49. The van der Waals surface area contributed by atoms with Gasteiger partial charge in [0, 0.05) is 11.6 Å². The number of nitrogens with two attached hydrogens (primary N) is 1. The summed E-state index contributed by atoms with van der Waals surface area (Å²) in [6, 6.07) is 7.85. The van der Waals surface area contributed by atoms with Crippen molar-refractivity contribution >= 4 is 0 Å². The van der Waals surface area contributed by atoms with E-state index in [0.717, 1.165) is 17.7 Å². The van der Waals surface area contributed by atoms with Crippen LogP contribution in [0, 0.1) is 0 Å². The number of ether oxygens (including phenoxy) is 1. The van der Waals surface area contributed by atoms with E-state index in [1.54, 1.807) is 0 Å². The van der Waals surface area contributed by atoms with E-state index in [2.05, 4.69) is 6.58 Å². The predicted octanol–water partition coefficient (Wildman–Crippen LogP) is 2.66. The summed E-state index contributed by atoms with van der Waals surface area (Å²) in [6.45, 7) is 6.31. The van der Waals surface area contributed by atoms with E-state index in [1.807, 2.05) is 37.3 Å². The first-order valence-electron chi connectivity index (χ1n) is 4.87. The van der Waals surface area contributed by atoms with Crippen LogP contribution in [0.3, 0.4) is 0 Å². The van der Waals surface area contributed by atoms with Gasteiger partial charge in [-0.15, -0.1) is 6.58 Å². The molecular formula is C12H17NO. The molecule has 0 saturated carbocycles. The molecule has 0 unspecified atom stereocenters. The number of benzene rings is 1. The van der Waals surface area contributed by atoms with Gasteiger partial charge in [0.15, 0.2) is 0 Å². The summed E-state index contributed by atoms with van der Waals surface area (Å²) >= 11 is 0. The first-order valence-corrected chi connectivity index (χ1v) is 4.87. The van der Waals surface area contributed by atoms with Gasteiger partial charge in [0.1, 0.15) is 5.75 Å². The summed E-state index contributed by atoms with van der Waals surface area (Å²) in [4.78, 5) is 0. The van der Waals surface area contributed by atoms with Crippen molar-refractivity contribution in [3.8, 4) is 5.75 Å². The molecule has 0 radical (unpaired) electrons. The third kappa shape index (κ3) is 2.60. The van der Waals surface area contributed by atoms with Crippen molar-refractivity contribution in [1.82, 2.24) is 0 Å². The third-order valence-corrected chi connectivity index (χ3v) is 2.04. The molecule has 2 nitrogen and oxygen atoms in total. The van der Waals surface area contributed by atoms with Crippen LogP contribution in [0.2, 0.25) is 0 Å². The molecule has 1 aromatic rings. The highest BCUT2D eigenvalue weighted by molar-refractivity contribution is 5.35. The Morgan fingerprint density at radius 1 is 1.50 bits per heavy atom. The predicted molar refractivity (Wildman–Crippen MR) is 59.4 cm³/mol. The minimum atomic E-state index is -0.0183. The molecule has 1 atom stereocenters. The molecule has 0 aliphatic carbocycles. The van der Waals surface area contributed by atoms with Crippen LogP contribution >= 0.6 is 0 Å². The van der Waals surface area contributed by atoms with Crippen molar-refractivity contribution < 1.29 is 4.74 Å². The molecule has 0 amide bonds. The maximum Gasteiger partial charge on any atom is 0.124 e. The minimum absolute atomic E-state index is 0.0183. The molecule has 1 rings (SSSR count). The molecule has 76 valence electrons.